The lowest BCUT2D eigenvalue weighted by Crippen LogP contribution is -1.90. The summed E-state index contributed by atoms with van der Waals surface area (Å²) in [4.78, 5) is 2.44. The molecule has 1 nitrogen and oxygen atoms in total. The Morgan fingerprint density at radius 2 is 1.95 bits per heavy atom. The van der Waals surface area contributed by atoms with Crippen LogP contribution in [-0.4, -0.2) is 0 Å². The van der Waals surface area contributed by atoms with Gasteiger partial charge in [-0.25, -0.2) is 0 Å². The quantitative estimate of drug-likeness (QED) is 0.492. The van der Waals surface area contributed by atoms with Gasteiger partial charge in [-0.3, -0.25) is 0 Å². The van der Waals surface area contributed by atoms with E-state index >= 15 is 0 Å². The molecular weight excluding hydrogens is 306 g/mol. The number of hydrogen-bond donors (Lipinski definition) is 1. The summed E-state index contributed by atoms with van der Waals surface area (Å²) < 4.78 is 1.25. The van der Waals surface area contributed by atoms with Crippen LogP contribution in [0, 0.1) is 6.92 Å². The Kier molecular flexibility index (Phi) is 3.92. The van der Waals surface area contributed by atoms with Gasteiger partial charge in [-0.15, -0.1) is 23.1 Å². The predicted molar refractivity (Wildman–Crippen MR) is 92.0 cm³/mol. The molecule has 0 aliphatic carbocycles. The monoisotopic (exact) mass is 319 g/mol. The molecule has 0 aliphatic heterocycles. The molecule has 0 amide bonds. The van der Waals surface area contributed by atoms with Gasteiger partial charge in [-0.05, 0) is 30.7 Å². The van der Waals surface area contributed by atoms with E-state index in [2.05, 4.69) is 25.1 Å². The second-order valence-electron chi connectivity index (χ2n) is 4.59. The van der Waals surface area contributed by atoms with Crippen LogP contribution < -0.4 is 5.73 Å². The van der Waals surface area contributed by atoms with Gasteiger partial charge in [-0.2, -0.15) is 0 Å². The van der Waals surface area contributed by atoms with E-state index in [-0.39, 0.29) is 0 Å². The van der Waals surface area contributed by atoms with E-state index in [0.717, 1.165) is 27.4 Å². The Hall–Kier alpha value is -1.16. The number of nitrogens with two attached hydrogens (primary N) is 1. The van der Waals surface area contributed by atoms with Gasteiger partial charge in [0.15, 0.2) is 0 Å². The molecule has 2 N–H and O–H groups in total. The van der Waals surface area contributed by atoms with Crippen LogP contribution in [0.2, 0.25) is 5.02 Å². The Bertz CT molecular complexity index is 764. The van der Waals surface area contributed by atoms with Gasteiger partial charge < -0.3 is 5.73 Å². The van der Waals surface area contributed by atoms with Crippen LogP contribution in [0.1, 0.15) is 10.4 Å². The molecule has 0 aliphatic rings. The molecule has 1 heterocycles. The third-order valence-electron chi connectivity index (χ3n) is 3.29. The summed E-state index contributed by atoms with van der Waals surface area (Å²) in [5.74, 6) is 0.877. The number of thiophene rings is 1. The second kappa shape index (κ2) is 5.68. The van der Waals surface area contributed by atoms with Crippen molar-refractivity contribution >= 4 is 50.5 Å². The minimum absolute atomic E-state index is 0.845. The van der Waals surface area contributed by atoms with Gasteiger partial charge in [0.1, 0.15) is 0 Å². The molecule has 0 saturated heterocycles. The fourth-order valence-electron chi connectivity index (χ4n) is 2.09. The Labute approximate surface area is 131 Å². The first kappa shape index (κ1) is 13.8. The summed E-state index contributed by atoms with van der Waals surface area (Å²) in [7, 11) is 0. The number of nitrogen functional groups attached to an aromatic ring is 1. The van der Waals surface area contributed by atoms with Crippen molar-refractivity contribution in [1.82, 2.24) is 0 Å². The highest BCUT2D eigenvalue weighted by Crippen LogP contribution is 2.39. The van der Waals surface area contributed by atoms with Crippen LogP contribution in [0.15, 0.2) is 47.4 Å². The lowest BCUT2D eigenvalue weighted by molar-refractivity contribution is 1.30. The summed E-state index contributed by atoms with van der Waals surface area (Å²) in [6.45, 7) is 2.06. The highest BCUT2D eigenvalue weighted by molar-refractivity contribution is 7.98. The first-order chi connectivity index (χ1) is 9.66. The van der Waals surface area contributed by atoms with Crippen LogP contribution in [0.3, 0.4) is 0 Å². The van der Waals surface area contributed by atoms with E-state index in [1.807, 2.05) is 24.3 Å². The van der Waals surface area contributed by atoms with Crippen LogP contribution in [0.25, 0.3) is 10.1 Å². The van der Waals surface area contributed by atoms with Crippen LogP contribution >= 0.6 is 34.7 Å². The SMILES string of the molecule is Cc1c(N)cccc1SCc1sc2ccccc2c1Cl. The zero-order valence-electron chi connectivity index (χ0n) is 11.0. The maximum absolute atomic E-state index is 6.47. The van der Waals surface area contributed by atoms with Gasteiger partial charge in [0.05, 0.1) is 5.02 Å². The van der Waals surface area contributed by atoms with E-state index in [0.29, 0.717) is 0 Å². The summed E-state index contributed by atoms with van der Waals surface area (Å²) in [5, 5.41) is 2.04. The largest absolute Gasteiger partial charge is 0.398 e. The highest BCUT2D eigenvalue weighted by Gasteiger charge is 2.11. The lowest BCUT2D eigenvalue weighted by Gasteiger charge is -2.07. The molecule has 0 saturated carbocycles. The van der Waals surface area contributed by atoms with Gasteiger partial charge >= 0.3 is 0 Å². The Morgan fingerprint density at radius 3 is 2.75 bits per heavy atom. The third-order valence-corrected chi connectivity index (χ3v) is 6.37. The summed E-state index contributed by atoms with van der Waals surface area (Å²) >= 11 is 10.0. The van der Waals surface area contributed by atoms with Gasteiger partial charge in [0, 0.05) is 31.3 Å². The molecule has 1 aromatic heterocycles. The summed E-state index contributed by atoms with van der Waals surface area (Å²) in [6, 6.07) is 14.3. The van der Waals surface area contributed by atoms with Crippen molar-refractivity contribution in [2.45, 2.75) is 17.6 Å². The number of anilines is 1. The molecule has 0 fully saturated rings. The molecule has 20 heavy (non-hydrogen) atoms. The predicted octanol–water partition coefficient (Wildman–Crippen LogP) is 5.74. The zero-order chi connectivity index (χ0) is 14.1. The average molecular weight is 320 g/mol. The molecule has 0 radical (unpaired) electrons. The fraction of sp³-hybridized carbons (Fsp3) is 0.125. The van der Waals surface area contributed by atoms with E-state index in [4.69, 9.17) is 17.3 Å². The molecule has 0 spiro atoms. The molecule has 102 valence electrons. The minimum atomic E-state index is 0.845. The number of hydrogen-bond acceptors (Lipinski definition) is 3. The van der Waals surface area contributed by atoms with Gasteiger partial charge in [0.25, 0.3) is 0 Å². The number of fused-ring (bicyclic) bond motifs is 1. The van der Waals surface area contributed by atoms with Crippen molar-refractivity contribution in [2.24, 2.45) is 0 Å². The van der Waals surface area contributed by atoms with Gasteiger partial charge in [0.2, 0.25) is 0 Å². The number of rotatable bonds is 3. The third kappa shape index (κ3) is 2.53. The first-order valence-electron chi connectivity index (χ1n) is 6.30. The van der Waals surface area contributed by atoms with E-state index < -0.39 is 0 Å². The van der Waals surface area contributed by atoms with Crippen LogP contribution in [0.5, 0.6) is 0 Å². The molecule has 2 aromatic carbocycles. The summed E-state index contributed by atoms with van der Waals surface area (Å²) in [5.41, 5.74) is 7.94. The van der Waals surface area contributed by atoms with Crippen LogP contribution in [-0.2, 0) is 5.75 Å². The Morgan fingerprint density at radius 1 is 1.15 bits per heavy atom. The molecule has 0 unspecified atom stereocenters. The smallest absolute Gasteiger partial charge is 0.0632 e. The fourth-order valence-corrected chi connectivity index (χ4v) is 4.82. The van der Waals surface area contributed by atoms with Crippen molar-refractivity contribution in [3.63, 3.8) is 0 Å². The van der Waals surface area contributed by atoms with E-state index in [1.165, 1.54) is 14.5 Å². The van der Waals surface area contributed by atoms with Crippen molar-refractivity contribution in [3.05, 3.63) is 57.9 Å². The number of benzene rings is 2. The van der Waals surface area contributed by atoms with Gasteiger partial charge in [-0.1, -0.05) is 35.9 Å². The molecule has 0 atom stereocenters. The molecule has 3 aromatic rings. The van der Waals surface area contributed by atoms with E-state index in [1.54, 1.807) is 23.1 Å². The van der Waals surface area contributed by atoms with E-state index in [9.17, 15) is 0 Å². The van der Waals surface area contributed by atoms with Crippen LogP contribution in [0.4, 0.5) is 5.69 Å². The van der Waals surface area contributed by atoms with Crippen molar-refractivity contribution in [2.75, 3.05) is 5.73 Å². The molecular formula is C16H14ClNS2. The first-order valence-corrected chi connectivity index (χ1v) is 8.48. The summed E-state index contributed by atoms with van der Waals surface area (Å²) in [6.07, 6.45) is 0. The second-order valence-corrected chi connectivity index (χ2v) is 7.13. The Balaban J connectivity index is 1.87. The topological polar surface area (TPSA) is 26.0 Å². The maximum atomic E-state index is 6.47. The highest BCUT2D eigenvalue weighted by atomic mass is 35.5. The molecule has 0 bridgehead atoms. The normalized spacial score (nSPS) is 11.1. The maximum Gasteiger partial charge on any atom is 0.0632 e. The van der Waals surface area contributed by atoms with Crippen molar-refractivity contribution < 1.29 is 0 Å². The number of thioether (sulfide) groups is 1. The lowest BCUT2D eigenvalue weighted by atomic mass is 10.2. The zero-order valence-corrected chi connectivity index (χ0v) is 13.4. The van der Waals surface area contributed by atoms with Crippen molar-refractivity contribution in [1.29, 1.82) is 0 Å². The molecule has 4 heteroatoms. The molecule has 3 rings (SSSR count). The average Bonchev–Trinajstić information content (AvgIpc) is 2.78. The minimum Gasteiger partial charge on any atom is -0.398 e. The standard InChI is InChI=1S/C16H14ClNS2/c1-10-12(18)6-4-8-13(10)19-9-15-16(17)11-5-2-3-7-14(11)20-15/h2-8H,9,18H2,1H3. The number of halogens is 1. The van der Waals surface area contributed by atoms with Crippen molar-refractivity contribution in [3.8, 4) is 0 Å².